The second-order valence-corrected chi connectivity index (χ2v) is 2.35. The summed E-state index contributed by atoms with van der Waals surface area (Å²) in [4.78, 5) is 7.75. The van der Waals surface area contributed by atoms with Crippen molar-refractivity contribution in [2.75, 3.05) is 13.7 Å². The Kier molecular flexibility index (Phi) is 3.59. The number of aromatic nitrogens is 2. The van der Waals surface area contributed by atoms with Crippen LogP contribution in [0, 0.1) is 0 Å². The van der Waals surface area contributed by atoms with E-state index in [1.165, 1.54) is 6.33 Å². The van der Waals surface area contributed by atoms with Crippen molar-refractivity contribution < 1.29 is 4.74 Å². The van der Waals surface area contributed by atoms with Crippen molar-refractivity contribution in [3.63, 3.8) is 0 Å². The number of hydrogen-bond donors (Lipinski definition) is 2. The molecule has 0 saturated heterocycles. The maximum absolute atomic E-state index is 5.31. The van der Waals surface area contributed by atoms with Crippen molar-refractivity contribution in [2.24, 2.45) is 5.84 Å². The van der Waals surface area contributed by atoms with E-state index < -0.39 is 0 Å². The van der Waals surface area contributed by atoms with Crippen LogP contribution < -0.4 is 11.3 Å². The normalized spacial score (nSPS) is 12.8. The first-order valence-electron chi connectivity index (χ1n) is 3.58. The van der Waals surface area contributed by atoms with Gasteiger partial charge in [0.1, 0.15) is 6.33 Å². The summed E-state index contributed by atoms with van der Waals surface area (Å²) in [5, 5.41) is 0. The fraction of sp³-hybridized carbons (Fsp3) is 0.429. The van der Waals surface area contributed by atoms with Crippen molar-refractivity contribution in [1.29, 1.82) is 0 Å². The average molecular weight is 168 g/mol. The van der Waals surface area contributed by atoms with Gasteiger partial charge in [-0.2, -0.15) is 0 Å². The molecule has 0 fully saturated rings. The summed E-state index contributed by atoms with van der Waals surface area (Å²) in [5.74, 6) is 5.31. The van der Waals surface area contributed by atoms with E-state index >= 15 is 0 Å². The minimum Gasteiger partial charge on any atom is -0.383 e. The Labute approximate surface area is 70.9 Å². The summed E-state index contributed by atoms with van der Waals surface area (Å²) in [6, 6.07) is -0.0452. The molecule has 0 aliphatic heterocycles. The van der Waals surface area contributed by atoms with Crippen LogP contribution in [0.25, 0.3) is 0 Å². The van der Waals surface area contributed by atoms with Crippen molar-refractivity contribution in [3.8, 4) is 0 Å². The number of nitrogens with zero attached hydrogens (tertiary/aromatic N) is 2. The van der Waals surface area contributed by atoms with Crippen LogP contribution in [0.5, 0.6) is 0 Å². The number of hydrogen-bond acceptors (Lipinski definition) is 5. The zero-order chi connectivity index (χ0) is 8.81. The Bertz CT molecular complexity index is 216. The molecule has 5 heteroatoms. The van der Waals surface area contributed by atoms with Gasteiger partial charge in [0.15, 0.2) is 0 Å². The summed E-state index contributed by atoms with van der Waals surface area (Å²) >= 11 is 0. The summed E-state index contributed by atoms with van der Waals surface area (Å²) in [7, 11) is 1.62. The van der Waals surface area contributed by atoms with E-state index in [1.807, 2.05) is 0 Å². The zero-order valence-electron chi connectivity index (χ0n) is 6.90. The standard InChI is InChI=1S/C7H12N4O/c1-12-4-7(11-8)6-2-9-5-10-3-6/h2-3,5,7,11H,4,8H2,1H3. The Morgan fingerprint density at radius 3 is 2.75 bits per heavy atom. The monoisotopic (exact) mass is 168 g/mol. The van der Waals surface area contributed by atoms with E-state index in [0.717, 1.165) is 5.56 Å². The van der Waals surface area contributed by atoms with Crippen LogP contribution in [0.15, 0.2) is 18.7 Å². The molecule has 1 unspecified atom stereocenters. The molecular weight excluding hydrogens is 156 g/mol. The van der Waals surface area contributed by atoms with Crippen molar-refractivity contribution in [2.45, 2.75) is 6.04 Å². The van der Waals surface area contributed by atoms with E-state index in [-0.39, 0.29) is 6.04 Å². The fourth-order valence-corrected chi connectivity index (χ4v) is 0.898. The summed E-state index contributed by atoms with van der Waals surface area (Å²) in [6.45, 7) is 0.504. The molecule has 1 rings (SSSR count). The van der Waals surface area contributed by atoms with E-state index in [0.29, 0.717) is 6.61 Å². The Morgan fingerprint density at radius 1 is 1.58 bits per heavy atom. The van der Waals surface area contributed by atoms with Gasteiger partial charge in [-0.15, -0.1) is 0 Å². The molecule has 3 N–H and O–H groups in total. The lowest BCUT2D eigenvalue weighted by atomic mass is 10.2. The van der Waals surface area contributed by atoms with Gasteiger partial charge < -0.3 is 4.74 Å². The van der Waals surface area contributed by atoms with E-state index in [1.54, 1.807) is 19.5 Å². The Hall–Kier alpha value is -1.04. The third-order valence-corrected chi connectivity index (χ3v) is 1.52. The SMILES string of the molecule is COCC(NN)c1cncnc1. The zero-order valence-corrected chi connectivity index (χ0v) is 6.90. The summed E-state index contributed by atoms with van der Waals surface area (Å²) < 4.78 is 4.95. The molecule has 1 aromatic heterocycles. The van der Waals surface area contributed by atoms with Gasteiger partial charge in [0.05, 0.1) is 12.6 Å². The quantitative estimate of drug-likeness (QED) is 0.474. The van der Waals surface area contributed by atoms with Crippen molar-refractivity contribution in [3.05, 3.63) is 24.3 Å². The molecule has 0 aromatic carbocycles. The minimum absolute atomic E-state index is 0.0452. The molecule has 1 heterocycles. The second-order valence-electron chi connectivity index (χ2n) is 2.35. The van der Waals surface area contributed by atoms with Gasteiger partial charge in [-0.1, -0.05) is 0 Å². The van der Waals surface area contributed by atoms with Crippen LogP contribution in [0.4, 0.5) is 0 Å². The van der Waals surface area contributed by atoms with Crippen LogP contribution in [-0.4, -0.2) is 23.7 Å². The molecule has 12 heavy (non-hydrogen) atoms. The highest BCUT2D eigenvalue weighted by Crippen LogP contribution is 2.07. The van der Waals surface area contributed by atoms with Crippen LogP contribution in [0.2, 0.25) is 0 Å². The van der Waals surface area contributed by atoms with Gasteiger partial charge >= 0.3 is 0 Å². The molecule has 0 saturated carbocycles. The first kappa shape index (κ1) is 9.05. The number of nitrogens with two attached hydrogens (primary N) is 1. The maximum Gasteiger partial charge on any atom is 0.115 e. The molecule has 0 amide bonds. The van der Waals surface area contributed by atoms with Gasteiger partial charge in [-0.05, 0) is 0 Å². The average Bonchev–Trinajstić information content (AvgIpc) is 2.15. The fourth-order valence-electron chi connectivity index (χ4n) is 0.898. The van der Waals surface area contributed by atoms with Crippen molar-refractivity contribution in [1.82, 2.24) is 15.4 Å². The van der Waals surface area contributed by atoms with E-state index in [2.05, 4.69) is 15.4 Å². The first-order valence-corrected chi connectivity index (χ1v) is 3.58. The minimum atomic E-state index is -0.0452. The van der Waals surface area contributed by atoms with Gasteiger partial charge in [-0.3, -0.25) is 11.3 Å². The number of nitrogens with one attached hydrogen (secondary N) is 1. The number of rotatable bonds is 4. The molecule has 0 bridgehead atoms. The predicted octanol–water partition coefficient (Wildman–Crippen LogP) is -0.373. The largest absolute Gasteiger partial charge is 0.383 e. The lowest BCUT2D eigenvalue weighted by molar-refractivity contribution is 0.167. The molecule has 66 valence electrons. The van der Waals surface area contributed by atoms with Crippen LogP contribution in [0.3, 0.4) is 0 Å². The molecule has 5 nitrogen and oxygen atoms in total. The van der Waals surface area contributed by atoms with Crippen LogP contribution in [-0.2, 0) is 4.74 Å². The highest BCUT2D eigenvalue weighted by Gasteiger charge is 2.08. The summed E-state index contributed by atoms with van der Waals surface area (Å²) in [5.41, 5.74) is 3.53. The van der Waals surface area contributed by atoms with Gasteiger partial charge in [0.2, 0.25) is 0 Å². The van der Waals surface area contributed by atoms with E-state index in [4.69, 9.17) is 10.6 Å². The molecular formula is C7H12N4O. The smallest absolute Gasteiger partial charge is 0.115 e. The highest BCUT2D eigenvalue weighted by atomic mass is 16.5. The molecule has 1 atom stereocenters. The maximum atomic E-state index is 5.31. The lowest BCUT2D eigenvalue weighted by Crippen LogP contribution is -2.31. The van der Waals surface area contributed by atoms with E-state index in [9.17, 15) is 0 Å². The number of methoxy groups -OCH3 is 1. The Balaban J connectivity index is 2.66. The van der Waals surface area contributed by atoms with Gasteiger partial charge in [0, 0.05) is 25.1 Å². The molecule has 0 aliphatic rings. The van der Waals surface area contributed by atoms with Crippen molar-refractivity contribution >= 4 is 0 Å². The summed E-state index contributed by atoms with van der Waals surface area (Å²) in [6.07, 6.45) is 4.89. The molecule has 0 aliphatic carbocycles. The second kappa shape index (κ2) is 4.76. The molecule has 1 aromatic rings. The predicted molar refractivity (Wildman–Crippen MR) is 44.0 cm³/mol. The first-order chi connectivity index (χ1) is 5.88. The highest BCUT2D eigenvalue weighted by molar-refractivity contribution is 5.08. The van der Waals surface area contributed by atoms with Crippen LogP contribution >= 0.6 is 0 Å². The molecule has 0 radical (unpaired) electrons. The van der Waals surface area contributed by atoms with Gasteiger partial charge in [0.25, 0.3) is 0 Å². The number of ether oxygens (including phenoxy) is 1. The van der Waals surface area contributed by atoms with Crippen LogP contribution in [0.1, 0.15) is 11.6 Å². The Morgan fingerprint density at radius 2 is 2.25 bits per heavy atom. The van der Waals surface area contributed by atoms with Gasteiger partial charge in [-0.25, -0.2) is 9.97 Å². The topological polar surface area (TPSA) is 73.1 Å². The molecule has 0 spiro atoms. The lowest BCUT2D eigenvalue weighted by Gasteiger charge is -2.13. The number of hydrazine groups is 1. The third kappa shape index (κ3) is 2.23. The third-order valence-electron chi connectivity index (χ3n) is 1.52.